The first-order valence-corrected chi connectivity index (χ1v) is 7.21. The average molecular weight is 262 g/mol. The van der Waals surface area contributed by atoms with Gasteiger partial charge in [0.05, 0.1) is 11.8 Å². The van der Waals surface area contributed by atoms with Crippen molar-refractivity contribution in [2.75, 3.05) is 0 Å². The second kappa shape index (κ2) is 4.96. The summed E-state index contributed by atoms with van der Waals surface area (Å²) in [6.45, 7) is 1.87. The van der Waals surface area contributed by atoms with Gasteiger partial charge in [-0.25, -0.2) is 0 Å². The number of nitrogens with zero attached hydrogens (tertiary/aromatic N) is 1. The smallest absolute Gasteiger partial charge is 0.254 e. The predicted molar refractivity (Wildman–Crippen MR) is 72.6 cm³/mol. The first-order valence-electron chi connectivity index (χ1n) is 7.21. The van der Waals surface area contributed by atoms with E-state index in [1.807, 2.05) is 6.92 Å². The lowest BCUT2D eigenvalue weighted by Gasteiger charge is -2.45. The number of nitrogens with one attached hydrogen (secondary N) is 2. The lowest BCUT2D eigenvalue weighted by Crippen LogP contribution is -2.53. The first kappa shape index (κ1) is 12.7. The van der Waals surface area contributed by atoms with Crippen molar-refractivity contribution in [3.05, 3.63) is 17.5 Å². The zero-order valence-corrected chi connectivity index (χ0v) is 11.4. The Morgan fingerprint density at radius 1 is 1.42 bits per heavy atom. The summed E-state index contributed by atoms with van der Waals surface area (Å²) >= 11 is 0. The number of carbonyl (C=O) groups excluding carboxylic acids is 1. The molecule has 1 heterocycles. The highest BCUT2D eigenvalue weighted by Gasteiger charge is 2.40. The molecule has 0 aromatic carbocycles. The van der Waals surface area contributed by atoms with Crippen LogP contribution in [0.1, 0.15) is 48.2 Å². The van der Waals surface area contributed by atoms with Crippen LogP contribution in [0.4, 0.5) is 0 Å². The fraction of sp³-hybridized carbons (Fsp3) is 0.714. The maximum atomic E-state index is 12.3. The summed E-state index contributed by atoms with van der Waals surface area (Å²) in [5.41, 5.74) is 7.60. The van der Waals surface area contributed by atoms with Crippen molar-refractivity contribution in [2.45, 2.75) is 51.1 Å². The molecule has 2 saturated carbocycles. The van der Waals surface area contributed by atoms with Crippen molar-refractivity contribution in [2.24, 2.45) is 17.6 Å². The topological polar surface area (TPSA) is 83.8 Å². The number of aryl methyl sites for hydroxylation is 1. The van der Waals surface area contributed by atoms with Gasteiger partial charge in [0.15, 0.2) is 0 Å². The van der Waals surface area contributed by atoms with Gasteiger partial charge in [-0.3, -0.25) is 9.89 Å². The highest BCUT2D eigenvalue weighted by atomic mass is 16.1. The van der Waals surface area contributed by atoms with Gasteiger partial charge in [-0.2, -0.15) is 5.10 Å². The SMILES string of the molecule is Cc1[nH]ncc1C(=O)NC1C2CCCC1CC(N)C2. The monoisotopic (exact) mass is 262 g/mol. The molecule has 0 aliphatic heterocycles. The van der Waals surface area contributed by atoms with Gasteiger partial charge in [0.1, 0.15) is 0 Å². The number of fused-ring (bicyclic) bond motifs is 2. The third-order valence-corrected chi connectivity index (χ3v) is 4.75. The van der Waals surface area contributed by atoms with Crippen LogP contribution in [0.2, 0.25) is 0 Å². The van der Waals surface area contributed by atoms with Gasteiger partial charge >= 0.3 is 0 Å². The number of amides is 1. The van der Waals surface area contributed by atoms with E-state index in [-0.39, 0.29) is 5.91 Å². The van der Waals surface area contributed by atoms with Crippen molar-refractivity contribution >= 4 is 5.91 Å². The lowest BCUT2D eigenvalue weighted by atomic mass is 9.67. The molecular weight excluding hydrogens is 240 g/mol. The molecule has 1 amide bonds. The minimum absolute atomic E-state index is 0.00335. The van der Waals surface area contributed by atoms with E-state index >= 15 is 0 Å². The fourth-order valence-electron chi connectivity index (χ4n) is 3.83. The molecule has 5 nitrogen and oxygen atoms in total. The van der Waals surface area contributed by atoms with Gasteiger partial charge < -0.3 is 11.1 Å². The van der Waals surface area contributed by atoms with Crippen molar-refractivity contribution in [1.29, 1.82) is 0 Å². The number of hydrogen-bond acceptors (Lipinski definition) is 3. The molecule has 1 aromatic rings. The molecule has 0 spiro atoms. The van der Waals surface area contributed by atoms with Crippen molar-refractivity contribution in [1.82, 2.24) is 15.5 Å². The third-order valence-electron chi connectivity index (χ3n) is 4.75. The molecule has 5 heteroatoms. The van der Waals surface area contributed by atoms with E-state index in [4.69, 9.17) is 5.73 Å². The van der Waals surface area contributed by atoms with Gasteiger partial charge in [0.25, 0.3) is 5.91 Å². The molecule has 2 aliphatic rings. The minimum Gasteiger partial charge on any atom is -0.349 e. The number of H-pyrrole nitrogens is 1. The van der Waals surface area contributed by atoms with Crippen LogP contribution in [0, 0.1) is 18.8 Å². The standard InChI is InChI=1S/C14H22N4O/c1-8-12(7-16-18-8)14(19)17-13-9-3-2-4-10(13)6-11(15)5-9/h7,9-11,13H,2-6,15H2,1H3,(H,16,18)(H,17,19). The Hall–Kier alpha value is -1.36. The fourth-order valence-corrected chi connectivity index (χ4v) is 3.83. The van der Waals surface area contributed by atoms with Crippen molar-refractivity contribution < 1.29 is 4.79 Å². The highest BCUT2D eigenvalue weighted by molar-refractivity contribution is 5.95. The van der Waals surface area contributed by atoms with E-state index in [0.717, 1.165) is 18.5 Å². The van der Waals surface area contributed by atoms with E-state index < -0.39 is 0 Å². The molecule has 1 aromatic heterocycles. The Labute approximate surface area is 113 Å². The quantitative estimate of drug-likeness (QED) is 0.752. The minimum atomic E-state index is 0.00335. The maximum absolute atomic E-state index is 12.3. The molecule has 2 bridgehead atoms. The average Bonchev–Trinajstić information content (AvgIpc) is 2.76. The number of carbonyl (C=O) groups is 1. The molecule has 3 rings (SSSR count). The summed E-state index contributed by atoms with van der Waals surface area (Å²) in [5.74, 6) is 1.11. The van der Waals surface area contributed by atoms with E-state index in [1.54, 1.807) is 6.20 Å². The zero-order valence-electron chi connectivity index (χ0n) is 11.4. The first-order chi connectivity index (χ1) is 9.15. The van der Waals surface area contributed by atoms with E-state index in [1.165, 1.54) is 19.3 Å². The van der Waals surface area contributed by atoms with Gasteiger partial charge in [0, 0.05) is 17.8 Å². The van der Waals surface area contributed by atoms with Gasteiger partial charge in [-0.15, -0.1) is 0 Å². The molecule has 4 N–H and O–H groups in total. The molecule has 104 valence electrons. The Morgan fingerprint density at radius 3 is 2.68 bits per heavy atom. The van der Waals surface area contributed by atoms with Crippen molar-refractivity contribution in [3.63, 3.8) is 0 Å². The van der Waals surface area contributed by atoms with Gasteiger partial charge in [-0.05, 0) is 44.4 Å². The summed E-state index contributed by atoms with van der Waals surface area (Å²) in [6, 6.07) is 0.620. The van der Waals surface area contributed by atoms with Crippen LogP contribution in [0.5, 0.6) is 0 Å². The Morgan fingerprint density at radius 2 is 2.11 bits per heavy atom. The van der Waals surface area contributed by atoms with Crippen LogP contribution in [-0.2, 0) is 0 Å². The Kier molecular flexibility index (Phi) is 3.31. The number of rotatable bonds is 2. The summed E-state index contributed by atoms with van der Waals surface area (Å²) < 4.78 is 0. The van der Waals surface area contributed by atoms with Crippen LogP contribution in [-0.4, -0.2) is 28.2 Å². The van der Waals surface area contributed by atoms with Crippen LogP contribution in [0.25, 0.3) is 0 Å². The number of aromatic amines is 1. The predicted octanol–water partition coefficient (Wildman–Crippen LogP) is 1.35. The summed E-state index contributed by atoms with van der Waals surface area (Å²) in [7, 11) is 0. The third kappa shape index (κ3) is 2.39. The van der Waals surface area contributed by atoms with E-state index in [9.17, 15) is 4.79 Å². The van der Waals surface area contributed by atoms with Crippen molar-refractivity contribution in [3.8, 4) is 0 Å². The number of aromatic nitrogens is 2. The summed E-state index contributed by atoms with van der Waals surface area (Å²) in [6.07, 6.45) is 7.37. The highest BCUT2D eigenvalue weighted by Crippen LogP contribution is 2.39. The molecule has 2 atom stereocenters. The summed E-state index contributed by atoms with van der Waals surface area (Å²) in [4.78, 5) is 12.3. The van der Waals surface area contributed by atoms with Crippen LogP contribution < -0.4 is 11.1 Å². The maximum Gasteiger partial charge on any atom is 0.254 e. The van der Waals surface area contributed by atoms with Crippen LogP contribution >= 0.6 is 0 Å². The molecule has 0 saturated heterocycles. The molecule has 19 heavy (non-hydrogen) atoms. The number of hydrogen-bond donors (Lipinski definition) is 3. The van der Waals surface area contributed by atoms with E-state index in [0.29, 0.717) is 29.5 Å². The van der Waals surface area contributed by atoms with E-state index in [2.05, 4.69) is 15.5 Å². The van der Waals surface area contributed by atoms with Gasteiger partial charge in [0.2, 0.25) is 0 Å². The Balaban J connectivity index is 1.72. The number of nitrogens with two attached hydrogens (primary N) is 1. The molecule has 2 unspecified atom stereocenters. The normalized spacial score (nSPS) is 34.0. The molecule has 2 aliphatic carbocycles. The molecule has 2 fully saturated rings. The Bertz CT molecular complexity index is 456. The lowest BCUT2D eigenvalue weighted by molar-refractivity contribution is 0.0755. The van der Waals surface area contributed by atoms with Crippen LogP contribution in [0.15, 0.2) is 6.20 Å². The van der Waals surface area contributed by atoms with Gasteiger partial charge in [-0.1, -0.05) is 6.42 Å². The van der Waals surface area contributed by atoms with Crippen LogP contribution in [0.3, 0.4) is 0 Å². The second-order valence-electron chi connectivity index (χ2n) is 6.09. The summed E-state index contributed by atoms with van der Waals surface area (Å²) in [5, 5.41) is 9.96. The largest absolute Gasteiger partial charge is 0.349 e. The molecule has 0 radical (unpaired) electrons. The zero-order chi connectivity index (χ0) is 13.4. The second-order valence-corrected chi connectivity index (χ2v) is 6.09. The molecular formula is C14H22N4O.